The Hall–Kier alpha value is -4.17. The molecule has 2 saturated heterocycles. The molecular weight excluding hydrogens is 757 g/mol. The molecule has 0 unspecified atom stereocenters. The van der Waals surface area contributed by atoms with Crippen LogP contribution in [0.1, 0.15) is 52.3 Å². The smallest absolute Gasteiger partial charge is 0.246 e. The molecule has 0 radical (unpaired) electrons. The highest BCUT2D eigenvalue weighted by Gasteiger charge is 2.40. The number of nitrogens with one attached hydrogen (secondary N) is 3. The topological polar surface area (TPSA) is 204 Å². The molecule has 57 heavy (non-hydrogen) atoms. The van der Waals surface area contributed by atoms with Crippen molar-refractivity contribution in [3.05, 3.63) is 22.4 Å². The zero-order valence-electron chi connectivity index (χ0n) is 34.3. The van der Waals surface area contributed by atoms with Crippen molar-refractivity contribution >= 4 is 52.8 Å². The van der Waals surface area contributed by atoms with E-state index in [9.17, 15) is 24.3 Å². The van der Waals surface area contributed by atoms with Crippen molar-refractivity contribution in [2.24, 2.45) is 5.41 Å². The highest BCUT2D eigenvalue weighted by atomic mass is 32.1. The molecule has 2 aromatic rings. The molecule has 2 aliphatic rings. The molecule has 19 heteroatoms. The second kappa shape index (κ2) is 22.7. The van der Waals surface area contributed by atoms with Crippen LogP contribution in [0, 0.1) is 5.41 Å². The number of carbonyl (C=O) groups is 4. The number of hydrogen-bond donors (Lipinski definition) is 4. The molecule has 2 fully saturated rings. The molecule has 0 bridgehead atoms. The summed E-state index contributed by atoms with van der Waals surface area (Å²) in [6.07, 6.45) is 1.58. The normalized spacial score (nSPS) is 17.9. The van der Waals surface area contributed by atoms with E-state index in [0.717, 1.165) is 12.8 Å². The number of amides is 4. The number of aliphatic hydroxyl groups excluding tert-OH is 1. The van der Waals surface area contributed by atoms with E-state index in [0.29, 0.717) is 83.4 Å². The maximum atomic E-state index is 13.2. The lowest BCUT2D eigenvalue weighted by atomic mass is 9.85. The Morgan fingerprint density at radius 1 is 0.982 bits per heavy atom. The quantitative estimate of drug-likeness (QED) is 0.129. The molecule has 0 aliphatic carbocycles. The molecular formula is C38H62N10O8S. The molecule has 0 aromatic carbocycles. The minimum absolute atomic E-state index is 0.0201. The van der Waals surface area contributed by atoms with E-state index in [4.69, 9.17) is 24.2 Å². The minimum atomic E-state index is -0.746. The number of carbonyl (C=O) groups excluding carboxylic acids is 4. The summed E-state index contributed by atoms with van der Waals surface area (Å²) in [6, 6.07) is 3.27. The van der Waals surface area contributed by atoms with Gasteiger partial charge in [-0.15, -0.1) is 11.3 Å². The van der Waals surface area contributed by atoms with Crippen LogP contribution in [-0.4, -0.2) is 171 Å². The molecule has 4 rings (SSSR count). The summed E-state index contributed by atoms with van der Waals surface area (Å²) in [5, 5.41) is 21.0. The van der Waals surface area contributed by atoms with Crippen LogP contribution in [0.3, 0.4) is 0 Å². The van der Waals surface area contributed by atoms with Gasteiger partial charge in [-0.2, -0.15) is 15.0 Å². The number of aromatic nitrogens is 3. The Kier molecular flexibility index (Phi) is 18.1. The summed E-state index contributed by atoms with van der Waals surface area (Å²) >= 11 is 1.69. The fourth-order valence-corrected chi connectivity index (χ4v) is 7.17. The molecule has 2 aliphatic heterocycles. The summed E-state index contributed by atoms with van der Waals surface area (Å²) in [5.74, 6) is 0.499. The average Bonchev–Trinajstić information content (AvgIpc) is 3.72. The summed E-state index contributed by atoms with van der Waals surface area (Å²) in [4.78, 5) is 73.0. The van der Waals surface area contributed by atoms with Crippen LogP contribution in [0.2, 0.25) is 0 Å². The highest BCUT2D eigenvalue weighted by Crippen LogP contribution is 2.26. The number of ether oxygens (including phenoxy) is 3. The number of likely N-dealkylation sites (tertiary alicyclic amines) is 1. The molecule has 0 spiro atoms. The lowest BCUT2D eigenvalue weighted by Gasteiger charge is -2.35. The Labute approximate surface area is 340 Å². The van der Waals surface area contributed by atoms with Crippen molar-refractivity contribution in [2.75, 3.05) is 114 Å². The molecule has 318 valence electrons. The Balaban J connectivity index is 1.11. The van der Waals surface area contributed by atoms with E-state index in [1.165, 1.54) is 4.88 Å². The summed E-state index contributed by atoms with van der Waals surface area (Å²) in [7, 11) is 1.75. The number of hydrogen-bond acceptors (Lipinski definition) is 15. The van der Waals surface area contributed by atoms with Crippen molar-refractivity contribution in [1.82, 2.24) is 35.4 Å². The fraction of sp³-hybridized carbons (Fsp3) is 0.711. The number of thiophene rings is 1. The van der Waals surface area contributed by atoms with Gasteiger partial charge in [-0.1, -0.05) is 26.8 Å². The molecule has 4 amide bonds. The number of β-amino-alcohol motifs (C(OH)–C–C–N with tert-alkyl or cyclic N) is 1. The van der Waals surface area contributed by atoms with Crippen LogP contribution >= 0.6 is 11.3 Å². The number of nitrogens with zero attached hydrogens (tertiary/aromatic N) is 7. The first kappa shape index (κ1) is 45.5. The van der Waals surface area contributed by atoms with Crippen LogP contribution in [0.4, 0.5) is 17.8 Å². The second-order valence-electron chi connectivity index (χ2n) is 15.4. The van der Waals surface area contributed by atoms with Crippen LogP contribution in [0.25, 0.3) is 0 Å². The Morgan fingerprint density at radius 2 is 1.72 bits per heavy atom. The van der Waals surface area contributed by atoms with Gasteiger partial charge in [-0.25, -0.2) is 0 Å². The standard InChI is InChI=1S/C38H62N10O8S/c1-27-23-29(50)24-48(27)34(53)33(38(3,4)5)41-32(52)26-56-21-20-55-19-18-54-17-12-39-31(51)25-45(6)36-42-35(40-11-10-30-9-7-22-57-30)43-37(44-36)47-14-8-13-46(15-16-47)28(2)49/h7,9,22,27,29,33,50H,8,10-21,23-26H2,1-6H3,(H,39,51)(H,41,52)(H,40,42,43,44)/t27-,29-,33-/m1/s1. The predicted molar refractivity (Wildman–Crippen MR) is 217 cm³/mol. The van der Waals surface area contributed by atoms with Crippen molar-refractivity contribution in [2.45, 2.75) is 72.1 Å². The maximum Gasteiger partial charge on any atom is 0.246 e. The van der Waals surface area contributed by atoms with Gasteiger partial charge >= 0.3 is 0 Å². The van der Waals surface area contributed by atoms with Gasteiger partial charge in [0.1, 0.15) is 12.6 Å². The zero-order valence-corrected chi connectivity index (χ0v) is 35.1. The number of anilines is 3. The SMILES string of the molecule is CC(=O)N1CCCN(c2nc(NCCc3cccs3)nc(N(C)CC(=O)NCCOCCOCCOCC(=O)N[C@H](C(=O)N3C[C@H](O)C[C@H]3C)C(C)(C)C)n2)CC1. The van der Waals surface area contributed by atoms with Gasteiger partial charge in [-0.05, 0) is 43.0 Å². The van der Waals surface area contributed by atoms with Gasteiger partial charge in [0, 0.05) is 70.7 Å². The summed E-state index contributed by atoms with van der Waals surface area (Å²) in [6.45, 7) is 14.0. The van der Waals surface area contributed by atoms with Crippen molar-refractivity contribution in [3.8, 4) is 0 Å². The third kappa shape index (κ3) is 15.3. The van der Waals surface area contributed by atoms with Gasteiger partial charge < -0.3 is 54.9 Å². The van der Waals surface area contributed by atoms with Crippen LogP contribution in [-0.2, 0) is 39.8 Å². The van der Waals surface area contributed by atoms with Gasteiger partial charge in [0.15, 0.2) is 0 Å². The first-order valence-corrected chi connectivity index (χ1v) is 20.6. The van der Waals surface area contributed by atoms with E-state index >= 15 is 0 Å². The van der Waals surface area contributed by atoms with Gasteiger partial charge in [0.2, 0.25) is 41.5 Å². The number of rotatable bonds is 21. The predicted octanol–water partition coefficient (Wildman–Crippen LogP) is 0.761. The first-order chi connectivity index (χ1) is 27.2. The minimum Gasteiger partial charge on any atom is -0.391 e. The molecule has 4 heterocycles. The highest BCUT2D eigenvalue weighted by molar-refractivity contribution is 7.09. The fourth-order valence-electron chi connectivity index (χ4n) is 6.47. The zero-order chi connectivity index (χ0) is 41.4. The monoisotopic (exact) mass is 818 g/mol. The maximum absolute atomic E-state index is 13.2. The van der Waals surface area contributed by atoms with Crippen LogP contribution < -0.4 is 25.8 Å². The number of likely N-dealkylation sites (N-methyl/N-ethyl adjacent to an activating group) is 1. The molecule has 3 atom stereocenters. The largest absolute Gasteiger partial charge is 0.391 e. The summed E-state index contributed by atoms with van der Waals surface area (Å²) < 4.78 is 16.6. The van der Waals surface area contributed by atoms with Crippen molar-refractivity contribution < 1.29 is 38.5 Å². The molecule has 18 nitrogen and oxygen atoms in total. The van der Waals surface area contributed by atoms with Crippen molar-refractivity contribution in [1.29, 1.82) is 0 Å². The third-order valence-corrected chi connectivity index (χ3v) is 10.5. The van der Waals surface area contributed by atoms with E-state index < -0.39 is 23.5 Å². The Bertz CT molecular complexity index is 1580. The van der Waals surface area contributed by atoms with E-state index in [2.05, 4.69) is 31.9 Å². The third-order valence-electron chi connectivity index (χ3n) is 9.59. The van der Waals surface area contributed by atoms with Gasteiger partial charge in [0.25, 0.3) is 0 Å². The molecule has 4 N–H and O–H groups in total. The molecule has 0 saturated carbocycles. The lowest BCUT2D eigenvalue weighted by molar-refractivity contribution is -0.141. The first-order valence-electron chi connectivity index (χ1n) is 19.7. The average molecular weight is 819 g/mol. The second-order valence-corrected chi connectivity index (χ2v) is 16.5. The van der Waals surface area contributed by atoms with Crippen LogP contribution in [0.15, 0.2) is 17.5 Å². The Morgan fingerprint density at radius 3 is 2.39 bits per heavy atom. The van der Waals surface area contributed by atoms with Crippen molar-refractivity contribution in [3.63, 3.8) is 0 Å². The summed E-state index contributed by atoms with van der Waals surface area (Å²) in [5.41, 5.74) is -0.524. The molecule has 2 aromatic heterocycles. The number of aliphatic hydroxyl groups is 1. The van der Waals surface area contributed by atoms with E-state index in [1.807, 2.05) is 44.0 Å². The van der Waals surface area contributed by atoms with Gasteiger partial charge in [0.05, 0.1) is 45.7 Å². The lowest BCUT2D eigenvalue weighted by Crippen LogP contribution is -2.56. The van der Waals surface area contributed by atoms with E-state index in [-0.39, 0.29) is 56.7 Å². The van der Waals surface area contributed by atoms with Gasteiger partial charge in [-0.3, -0.25) is 19.2 Å². The van der Waals surface area contributed by atoms with Crippen LogP contribution in [0.5, 0.6) is 0 Å². The van der Waals surface area contributed by atoms with E-state index in [1.54, 1.807) is 35.1 Å².